The van der Waals surface area contributed by atoms with Crippen LogP contribution in [0.4, 0.5) is 0 Å². The van der Waals surface area contributed by atoms with E-state index in [1.807, 2.05) is 12.1 Å². The maximum Gasteiger partial charge on any atom is 0.584 e. The van der Waals surface area contributed by atoms with Crippen LogP contribution in [0, 0.1) is 0 Å². The molecule has 3 aromatic carbocycles. The smallest absolute Gasteiger partial charge is 0.401 e. The Labute approximate surface area is 154 Å². The van der Waals surface area contributed by atoms with Crippen molar-refractivity contribution < 1.29 is 18.5 Å². The van der Waals surface area contributed by atoms with Crippen molar-refractivity contribution in [2.45, 2.75) is 6.92 Å². The molecule has 0 aliphatic heterocycles. The summed E-state index contributed by atoms with van der Waals surface area (Å²) in [4.78, 5) is 9.19. The van der Waals surface area contributed by atoms with Crippen LogP contribution >= 0.6 is 7.82 Å². The molecule has 0 bridgehead atoms. The molecule has 0 saturated heterocycles. The van der Waals surface area contributed by atoms with E-state index in [1.165, 1.54) is 18.1 Å². The molecule has 0 fully saturated rings. The zero-order valence-electron chi connectivity index (χ0n) is 14.5. The molecule has 0 saturated carbocycles. The van der Waals surface area contributed by atoms with E-state index in [4.69, 9.17) is 4.52 Å². The number of allylic oxidation sites excluding steroid dienone is 1. The minimum atomic E-state index is -4.07. The summed E-state index contributed by atoms with van der Waals surface area (Å²) >= 11 is 0. The SMILES string of the molecule is C=C(C)OP(=O)(O)Oc1ccccc1.c1ccc(-c2ccccc2)cc1. The molecule has 0 heterocycles. The maximum atomic E-state index is 11.2. The second-order valence-corrected chi connectivity index (χ2v) is 6.70. The highest BCUT2D eigenvalue weighted by Gasteiger charge is 2.23. The molecular weight excluding hydrogens is 347 g/mol. The van der Waals surface area contributed by atoms with Gasteiger partial charge in [0.1, 0.15) is 5.75 Å². The number of para-hydroxylation sites is 1. The fraction of sp³-hybridized carbons (Fsp3) is 0.0476. The molecule has 1 unspecified atom stereocenters. The van der Waals surface area contributed by atoms with Crippen LogP contribution in [0.2, 0.25) is 0 Å². The van der Waals surface area contributed by atoms with Gasteiger partial charge in [-0.05, 0) is 30.2 Å². The van der Waals surface area contributed by atoms with Gasteiger partial charge in [-0.1, -0.05) is 85.4 Å². The Hall–Kier alpha value is -2.81. The van der Waals surface area contributed by atoms with Crippen molar-refractivity contribution in [3.05, 3.63) is 103 Å². The first-order valence-corrected chi connectivity index (χ1v) is 9.49. The predicted molar refractivity (Wildman–Crippen MR) is 105 cm³/mol. The molecule has 0 aliphatic rings. The Balaban J connectivity index is 0.000000189. The third-order valence-corrected chi connectivity index (χ3v) is 4.10. The van der Waals surface area contributed by atoms with Crippen LogP contribution in [-0.2, 0) is 9.09 Å². The summed E-state index contributed by atoms with van der Waals surface area (Å²) in [7, 11) is -4.07. The van der Waals surface area contributed by atoms with Crippen molar-refractivity contribution in [1.29, 1.82) is 0 Å². The third kappa shape index (κ3) is 6.98. The molecule has 3 aromatic rings. The molecule has 0 aromatic heterocycles. The van der Waals surface area contributed by atoms with Crippen molar-refractivity contribution in [2.24, 2.45) is 0 Å². The lowest BCUT2D eigenvalue weighted by atomic mass is 10.1. The Morgan fingerprint density at radius 1 is 0.808 bits per heavy atom. The fourth-order valence-corrected chi connectivity index (χ4v) is 2.91. The van der Waals surface area contributed by atoms with Gasteiger partial charge in [0, 0.05) is 0 Å². The highest BCUT2D eigenvalue weighted by atomic mass is 31.2. The van der Waals surface area contributed by atoms with Crippen LogP contribution in [0.5, 0.6) is 5.75 Å². The number of hydrogen-bond donors (Lipinski definition) is 1. The molecule has 134 valence electrons. The lowest BCUT2D eigenvalue weighted by Gasteiger charge is -2.12. The normalized spacial score (nSPS) is 12.1. The number of hydrogen-bond acceptors (Lipinski definition) is 3. The minimum Gasteiger partial charge on any atom is -0.401 e. The summed E-state index contributed by atoms with van der Waals surface area (Å²) in [5, 5.41) is 0. The minimum absolute atomic E-state index is 0.131. The van der Waals surface area contributed by atoms with Crippen molar-refractivity contribution in [2.75, 3.05) is 0 Å². The van der Waals surface area contributed by atoms with Gasteiger partial charge in [0.05, 0.1) is 5.76 Å². The first-order valence-electron chi connectivity index (χ1n) is 7.99. The Bertz CT molecular complexity index is 811. The molecule has 0 amide bonds. The van der Waals surface area contributed by atoms with Gasteiger partial charge in [0.2, 0.25) is 0 Å². The average Bonchev–Trinajstić information content (AvgIpc) is 2.63. The highest BCUT2D eigenvalue weighted by molar-refractivity contribution is 7.48. The number of benzene rings is 3. The number of phosphoric acid groups is 1. The van der Waals surface area contributed by atoms with E-state index in [0.717, 1.165) is 0 Å². The second-order valence-electron chi connectivity index (χ2n) is 5.40. The molecule has 26 heavy (non-hydrogen) atoms. The van der Waals surface area contributed by atoms with Gasteiger partial charge in [0.25, 0.3) is 0 Å². The summed E-state index contributed by atoms with van der Waals surface area (Å²) in [6.07, 6.45) is 0. The van der Waals surface area contributed by atoms with Crippen LogP contribution < -0.4 is 4.52 Å². The van der Waals surface area contributed by atoms with Crippen molar-refractivity contribution in [3.8, 4) is 16.9 Å². The molecule has 3 rings (SSSR count). The topological polar surface area (TPSA) is 55.8 Å². The molecule has 1 atom stereocenters. The third-order valence-electron chi connectivity index (χ3n) is 3.12. The van der Waals surface area contributed by atoms with Gasteiger partial charge < -0.3 is 9.05 Å². The van der Waals surface area contributed by atoms with Gasteiger partial charge in [-0.3, -0.25) is 4.89 Å². The lowest BCUT2D eigenvalue weighted by Crippen LogP contribution is -1.95. The first-order chi connectivity index (χ1) is 12.5. The molecule has 0 radical (unpaired) electrons. The molecule has 5 heteroatoms. The van der Waals surface area contributed by atoms with E-state index < -0.39 is 7.82 Å². The van der Waals surface area contributed by atoms with E-state index in [1.54, 1.807) is 30.3 Å². The van der Waals surface area contributed by atoms with Crippen LogP contribution in [0.1, 0.15) is 6.92 Å². The van der Waals surface area contributed by atoms with E-state index in [9.17, 15) is 9.46 Å². The zero-order valence-corrected chi connectivity index (χ0v) is 15.4. The van der Waals surface area contributed by atoms with Crippen LogP contribution in [0.15, 0.2) is 103 Å². The Kier molecular flexibility index (Phi) is 7.22. The molecule has 4 nitrogen and oxygen atoms in total. The predicted octanol–water partition coefficient (Wildman–Crippen LogP) is 6.07. The Morgan fingerprint density at radius 2 is 1.19 bits per heavy atom. The summed E-state index contributed by atoms with van der Waals surface area (Å²) in [5.41, 5.74) is 2.55. The van der Waals surface area contributed by atoms with Gasteiger partial charge >= 0.3 is 7.82 Å². The van der Waals surface area contributed by atoms with E-state index in [0.29, 0.717) is 0 Å². The first kappa shape index (κ1) is 19.5. The maximum absolute atomic E-state index is 11.2. The summed E-state index contributed by atoms with van der Waals surface area (Å²) in [6, 6.07) is 29.1. The quantitative estimate of drug-likeness (QED) is 0.439. The highest BCUT2D eigenvalue weighted by Crippen LogP contribution is 2.45. The van der Waals surface area contributed by atoms with Gasteiger partial charge in [-0.2, -0.15) is 0 Å². The van der Waals surface area contributed by atoms with Gasteiger partial charge in [0.15, 0.2) is 0 Å². The van der Waals surface area contributed by atoms with Gasteiger partial charge in [-0.15, -0.1) is 0 Å². The van der Waals surface area contributed by atoms with Crippen molar-refractivity contribution in [3.63, 3.8) is 0 Å². The van der Waals surface area contributed by atoms with Crippen LogP contribution in [0.3, 0.4) is 0 Å². The molecule has 0 spiro atoms. The summed E-state index contributed by atoms with van der Waals surface area (Å²) in [6.45, 7) is 4.82. The van der Waals surface area contributed by atoms with Crippen molar-refractivity contribution >= 4 is 7.82 Å². The monoisotopic (exact) mass is 368 g/mol. The number of phosphoric ester groups is 1. The van der Waals surface area contributed by atoms with Crippen LogP contribution in [-0.4, -0.2) is 4.89 Å². The molecular formula is C21H21O4P. The summed E-state index contributed by atoms with van der Waals surface area (Å²) < 4.78 is 20.5. The largest absolute Gasteiger partial charge is 0.584 e. The van der Waals surface area contributed by atoms with Gasteiger partial charge in [-0.25, -0.2) is 4.57 Å². The lowest BCUT2D eigenvalue weighted by molar-refractivity contribution is 0.251. The molecule has 0 aliphatic carbocycles. The standard InChI is InChI=1S/C12H10.C9H11O4P/c1-3-7-11(8-4-1)12-9-5-2-6-10-12;1-8(2)12-14(10,11)13-9-6-4-3-5-7-9/h1-10H;3-7H,1H2,2H3,(H,10,11). The second kappa shape index (κ2) is 9.62. The zero-order chi connectivity index (χ0) is 18.8. The van der Waals surface area contributed by atoms with Crippen molar-refractivity contribution in [1.82, 2.24) is 0 Å². The van der Waals surface area contributed by atoms with Crippen LogP contribution in [0.25, 0.3) is 11.1 Å². The van der Waals surface area contributed by atoms with E-state index >= 15 is 0 Å². The summed E-state index contributed by atoms with van der Waals surface area (Å²) in [5.74, 6) is 0.409. The Morgan fingerprint density at radius 3 is 1.58 bits per heavy atom. The van der Waals surface area contributed by atoms with E-state index in [-0.39, 0.29) is 11.5 Å². The molecule has 1 N–H and O–H groups in total. The average molecular weight is 368 g/mol. The number of rotatable bonds is 5. The fourth-order valence-electron chi connectivity index (χ4n) is 2.09. The van der Waals surface area contributed by atoms with E-state index in [2.05, 4.69) is 59.6 Å².